The zero-order chi connectivity index (χ0) is 10.4. The van der Waals surface area contributed by atoms with Gasteiger partial charge in [0.1, 0.15) is 0 Å². The van der Waals surface area contributed by atoms with E-state index in [4.69, 9.17) is 5.21 Å². The van der Waals surface area contributed by atoms with E-state index in [1.807, 2.05) is 0 Å². The second-order valence-electron chi connectivity index (χ2n) is 4.45. The van der Waals surface area contributed by atoms with Crippen LogP contribution in [0.25, 0.3) is 0 Å². The molecule has 0 aromatic rings. The van der Waals surface area contributed by atoms with Crippen molar-refractivity contribution in [1.29, 1.82) is 0 Å². The molecule has 2 heteroatoms. The van der Waals surface area contributed by atoms with Gasteiger partial charge in [-0.3, -0.25) is 0 Å². The maximum Gasteiger partial charge on any atom is 0.0601 e. The fourth-order valence-corrected chi connectivity index (χ4v) is 2.48. The molecule has 0 radical (unpaired) electrons. The first kappa shape index (κ1) is 11.5. The Bertz CT molecular complexity index is 185. The van der Waals surface area contributed by atoms with Gasteiger partial charge in [0.05, 0.1) is 5.71 Å². The Balaban J connectivity index is 2.47. The fraction of sp³-hybridized carbons (Fsp3) is 0.917. The number of hydrogen-bond acceptors (Lipinski definition) is 2. The quantitative estimate of drug-likeness (QED) is 0.539. The molecule has 0 saturated heterocycles. The summed E-state index contributed by atoms with van der Waals surface area (Å²) >= 11 is 0. The molecule has 2 nitrogen and oxygen atoms in total. The van der Waals surface area contributed by atoms with E-state index in [9.17, 15) is 0 Å². The molecule has 0 spiro atoms. The first-order valence-electron chi connectivity index (χ1n) is 6.02. The van der Waals surface area contributed by atoms with Gasteiger partial charge in [-0.05, 0) is 31.6 Å². The van der Waals surface area contributed by atoms with E-state index in [0.717, 1.165) is 18.1 Å². The Morgan fingerprint density at radius 2 is 2.07 bits per heavy atom. The van der Waals surface area contributed by atoms with Crippen LogP contribution in [0.2, 0.25) is 0 Å². The third kappa shape index (κ3) is 3.00. The molecule has 0 bridgehead atoms. The molecule has 0 aliphatic heterocycles. The molecular formula is C12H23NO. The molecule has 1 aliphatic carbocycles. The van der Waals surface area contributed by atoms with Crippen LogP contribution in [0.15, 0.2) is 5.16 Å². The van der Waals surface area contributed by atoms with Crippen LogP contribution in [-0.2, 0) is 0 Å². The zero-order valence-corrected chi connectivity index (χ0v) is 9.50. The number of nitrogens with zero attached hydrogens (tertiary/aromatic N) is 1. The van der Waals surface area contributed by atoms with E-state index in [2.05, 4.69) is 19.0 Å². The van der Waals surface area contributed by atoms with Crippen molar-refractivity contribution >= 4 is 5.71 Å². The lowest BCUT2D eigenvalue weighted by molar-refractivity contribution is 0.300. The molecule has 14 heavy (non-hydrogen) atoms. The third-order valence-corrected chi connectivity index (χ3v) is 3.61. The molecule has 0 heterocycles. The van der Waals surface area contributed by atoms with Crippen molar-refractivity contribution in [2.75, 3.05) is 0 Å². The first-order valence-corrected chi connectivity index (χ1v) is 6.02. The lowest BCUT2D eigenvalue weighted by Gasteiger charge is -2.26. The highest BCUT2D eigenvalue weighted by Gasteiger charge is 2.23. The summed E-state index contributed by atoms with van der Waals surface area (Å²) < 4.78 is 0. The molecule has 1 unspecified atom stereocenters. The topological polar surface area (TPSA) is 32.6 Å². The summed E-state index contributed by atoms with van der Waals surface area (Å²) in [5.41, 5.74) is 1.06. The lowest BCUT2D eigenvalue weighted by atomic mass is 9.80. The maximum absolute atomic E-state index is 8.91. The number of rotatable bonds is 4. The summed E-state index contributed by atoms with van der Waals surface area (Å²) in [6.45, 7) is 4.51. The van der Waals surface area contributed by atoms with Gasteiger partial charge in [-0.25, -0.2) is 0 Å². The van der Waals surface area contributed by atoms with Crippen molar-refractivity contribution < 1.29 is 5.21 Å². The van der Waals surface area contributed by atoms with Crippen LogP contribution >= 0.6 is 0 Å². The van der Waals surface area contributed by atoms with Crippen LogP contribution in [0, 0.1) is 11.8 Å². The van der Waals surface area contributed by atoms with Gasteiger partial charge < -0.3 is 5.21 Å². The number of hydrogen-bond donors (Lipinski definition) is 1. The van der Waals surface area contributed by atoms with Crippen molar-refractivity contribution in [2.45, 2.75) is 58.8 Å². The highest BCUT2D eigenvalue weighted by molar-refractivity contribution is 5.86. The second-order valence-corrected chi connectivity index (χ2v) is 4.45. The highest BCUT2D eigenvalue weighted by atomic mass is 16.4. The standard InChI is InChI=1S/C12H23NO/c1-3-10(4-2)9-11-7-5-6-8-12(11)13-14/h10-11,14H,3-9H2,1-2H3/b13-12+. The van der Waals surface area contributed by atoms with E-state index in [0.29, 0.717) is 5.92 Å². The fourth-order valence-electron chi connectivity index (χ4n) is 2.48. The SMILES string of the molecule is CCC(CC)CC1CCCC/C1=N\O. The molecule has 1 N–H and O–H groups in total. The van der Waals surface area contributed by atoms with Gasteiger partial charge >= 0.3 is 0 Å². The molecule has 0 aromatic heterocycles. The van der Waals surface area contributed by atoms with Crippen molar-refractivity contribution in [2.24, 2.45) is 17.0 Å². The van der Waals surface area contributed by atoms with E-state index >= 15 is 0 Å². The van der Waals surface area contributed by atoms with E-state index < -0.39 is 0 Å². The molecule has 82 valence electrons. The van der Waals surface area contributed by atoms with Gasteiger partial charge in [-0.15, -0.1) is 0 Å². The van der Waals surface area contributed by atoms with E-state index in [1.165, 1.54) is 38.5 Å². The minimum atomic E-state index is 0.568. The Morgan fingerprint density at radius 3 is 2.64 bits per heavy atom. The van der Waals surface area contributed by atoms with Crippen LogP contribution in [0.4, 0.5) is 0 Å². The van der Waals surface area contributed by atoms with Crippen molar-refractivity contribution in [3.8, 4) is 0 Å². The summed E-state index contributed by atoms with van der Waals surface area (Å²) in [5.74, 6) is 1.38. The molecule has 0 amide bonds. The van der Waals surface area contributed by atoms with Crippen molar-refractivity contribution in [3.63, 3.8) is 0 Å². The normalized spacial score (nSPS) is 25.9. The van der Waals surface area contributed by atoms with Gasteiger partial charge in [-0.2, -0.15) is 0 Å². The second kappa shape index (κ2) is 6.05. The largest absolute Gasteiger partial charge is 0.411 e. The van der Waals surface area contributed by atoms with Crippen LogP contribution in [0.3, 0.4) is 0 Å². The van der Waals surface area contributed by atoms with Gasteiger partial charge in [-0.1, -0.05) is 38.3 Å². The minimum absolute atomic E-state index is 0.568. The van der Waals surface area contributed by atoms with E-state index in [1.54, 1.807) is 0 Å². The third-order valence-electron chi connectivity index (χ3n) is 3.61. The van der Waals surface area contributed by atoms with Crippen LogP contribution in [-0.4, -0.2) is 10.9 Å². The lowest BCUT2D eigenvalue weighted by Crippen LogP contribution is -2.22. The summed E-state index contributed by atoms with van der Waals surface area (Å²) in [5, 5.41) is 12.4. The predicted molar refractivity (Wildman–Crippen MR) is 59.9 cm³/mol. The van der Waals surface area contributed by atoms with Crippen LogP contribution < -0.4 is 0 Å². The van der Waals surface area contributed by atoms with Crippen LogP contribution in [0.1, 0.15) is 58.8 Å². The van der Waals surface area contributed by atoms with Crippen LogP contribution in [0.5, 0.6) is 0 Å². The number of oxime groups is 1. The Morgan fingerprint density at radius 1 is 1.36 bits per heavy atom. The molecule has 1 saturated carbocycles. The van der Waals surface area contributed by atoms with Gasteiger partial charge in [0.2, 0.25) is 0 Å². The van der Waals surface area contributed by atoms with Crippen molar-refractivity contribution in [1.82, 2.24) is 0 Å². The maximum atomic E-state index is 8.91. The van der Waals surface area contributed by atoms with Gasteiger partial charge in [0.15, 0.2) is 0 Å². The van der Waals surface area contributed by atoms with E-state index in [-0.39, 0.29) is 0 Å². The average molecular weight is 197 g/mol. The van der Waals surface area contributed by atoms with Gasteiger partial charge in [0, 0.05) is 5.92 Å². The Kier molecular flexibility index (Phi) is 4.99. The van der Waals surface area contributed by atoms with Crippen molar-refractivity contribution in [3.05, 3.63) is 0 Å². The van der Waals surface area contributed by atoms with Gasteiger partial charge in [0.25, 0.3) is 0 Å². The molecule has 1 atom stereocenters. The monoisotopic (exact) mass is 197 g/mol. The summed E-state index contributed by atoms with van der Waals surface area (Å²) in [7, 11) is 0. The smallest absolute Gasteiger partial charge is 0.0601 e. The molecular weight excluding hydrogens is 174 g/mol. The molecule has 1 fully saturated rings. The first-order chi connectivity index (χ1) is 6.81. The Labute approximate surface area is 87.4 Å². The molecule has 1 rings (SSSR count). The summed E-state index contributed by atoms with van der Waals surface area (Å²) in [4.78, 5) is 0. The molecule has 0 aromatic carbocycles. The highest BCUT2D eigenvalue weighted by Crippen LogP contribution is 2.29. The summed E-state index contributed by atoms with van der Waals surface area (Å²) in [6.07, 6.45) is 8.50. The predicted octanol–water partition coefficient (Wildman–Crippen LogP) is 3.83. The molecule has 1 aliphatic rings. The zero-order valence-electron chi connectivity index (χ0n) is 9.50. The Hall–Kier alpha value is -0.530. The average Bonchev–Trinajstić information content (AvgIpc) is 2.26. The summed E-state index contributed by atoms with van der Waals surface area (Å²) in [6, 6.07) is 0. The minimum Gasteiger partial charge on any atom is -0.411 e.